The SMILES string of the molecule is CCOC1CCN(C(=NC)NCc2nc(C(C)(C)C)cs2)CC1. The zero-order valence-electron chi connectivity index (χ0n) is 15.1. The minimum atomic E-state index is 0.109. The van der Waals surface area contributed by atoms with Crippen LogP contribution in [0.2, 0.25) is 0 Å². The van der Waals surface area contributed by atoms with E-state index in [-0.39, 0.29) is 5.41 Å². The zero-order chi connectivity index (χ0) is 16.9. The van der Waals surface area contributed by atoms with Gasteiger partial charge in [0.15, 0.2) is 5.96 Å². The summed E-state index contributed by atoms with van der Waals surface area (Å²) in [7, 11) is 1.85. The Morgan fingerprint density at radius 3 is 2.65 bits per heavy atom. The summed E-state index contributed by atoms with van der Waals surface area (Å²) in [6, 6.07) is 0. The molecular formula is C17H30N4OS. The Kier molecular flexibility index (Phi) is 6.41. The van der Waals surface area contributed by atoms with E-state index in [1.165, 1.54) is 0 Å². The molecule has 1 aromatic heterocycles. The number of rotatable bonds is 4. The first-order valence-electron chi connectivity index (χ1n) is 8.46. The Balaban J connectivity index is 1.85. The number of piperidine rings is 1. The van der Waals surface area contributed by atoms with E-state index in [1.807, 2.05) is 7.05 Å². The van der Waals surface area contributed by atoms with E-state index in [9.17, 15) is 0 Å². The average molecular weight is 339 g/mol. The molecule has 0 aromatic carbocycles. The van der Waals surface area contributed by atoms with Gasteiger partial charge in [0.05, 0.1) is 18.3 Å². The molecule has 0 aliphatic carbocycles. The topological polar surface area (TPSA) is 49.8 Å². The molecule has 23 heavy (non-hydrogen) atoms. The Bertz CT molecular complexity index is 513. The molecule has 0 radical (unpaired) electrons. The first kappa shape index (κ1) is 18.2. The zero-order valence-corrected chi connectivity index (χ0v) is 15.9. The molecule has 0 spiro atoms. The molecule has 5 nitrogen and oxygen atoms in total. The molecule has 1 fully saturated rings. The third-order valence-electron chi connectivity index (χ3n) is 4.07. The van der Waals surface area contributed by atoms with Crippen molar-refractivity contribution in [2.45, 2.75) is 58.6 Å². The van der Waals surface area contributed by atoms with Gasteiger partial charge in [-0.2, -0.15) is 0 Å². The summed E-state index contributed by atoms with van der Waals surface area (Å²) in [5.41, 5.74) is 1.27. The van der Waals surface area contributed by atoms with Crippen molar-refractivity contribution in [1.29, 1.82) is 0 Å². The Hall–Kier alpha value is -1.14. The summed E-state index contributed by atoms with van der Waals surface area (Å²) >= 11 is 1.72. The van der Waals surface area contributed by atoms with Gasteiger partial charge in [-0.05, 0) is 19.8 Å². The van der Waals surface area contributed by atoms with Crippen LogP contribution in [0.5, 0.6) is 0 Å². The maximum absolute atomic E-state index is 5.71. The second-order valence-electron chi connectivity index (χ2n) is 6.92. The number of aromatic nitrogens is 1. The van der Waals surface area contributed by atoms with E-state index in [0.29, 0.717) is 6.10 Å². The van der Waals surface area contributed by atoms with Gasteiger partial charge < -0.3 is 15.0 Å². The van der Waals surface area contributed by atoms with Crippen LogP contribution in [0.4, 0.5) is 0 Å². The van der Waals surface area contributed by atoms with E-state index >= 15 is 0 Å². The molecule has 2 heterocycles. The number of hydrogen-bond acceptors (Lipinski definition) is 4. The maximum atomic E-state index is 5.71. The molecule has 130 valence electrons. The normalized spacial score (nSPS) is 17.6. The smallest absolute Gasteiger partial charge is 0.193 e. The van der Waals surface area contributed by atoms with Crippen molar-refractivity contribution in [1.82, 2.24) is 15.2 Å². The molecule has 2 rings (SSSR count). The second-order valence-corrected chi connectivity index (χ2v) is 7.86. The lowest BCUT2D eigenvalue weighted by Gasteiger charge is -2.33. The number of hydrogen-bond donors (Lipinski definition) is 1. The summed E-state index contributed by atoms with van der Waals surface area (Å²) < 4.78 is 5.71. The predicted octanol–water partition coefficient (Wildman–Crippen LogP) is 3.02. The Morgan fingerprint density at radius 2 is 2.13 bits per heavy atom. The number of ether oxygens (including phenoxy) is 1. The third-order valence-corrected chi connectivity index (χ3v) is 4.92. The number of likely N-dealkylation sites (tertiary alicyclic amines) is 1. The molecule has 6 heteroatoms. The van der Waals surface area contributed by atoms with Crippen molar-refractivity contribution < 1.29 is 4.74 Å². The number of nitrogens with one attached hydrogen (secondary N) is 1. The van der Waals surface area contributed by atoms with Gasteiger partial charge in [0.2, 0.25) is 0 Å². The summed E-state index contributed by atoms with van der Waals surface area (Å²) in [5, 5.41) is 6.72. The van der Waals surface area contributed by atoms with Gasteiger partial charge in [-0.15, -0.1) is 11.3 Å². The van der Waals surface area contributed by atoms with Gasteiger partial charge in [0.25, 0.3) is 0 Å². The highest BCUT2D eigenvalue weighted by Gasteiger charge is 2.22. The lowest BCUT2D eigenvalue weighted by atomic mass is 9.93. The molecule has 0 amide bonds. The number of nitrogens with zero attached hydrogens (tertiary/aromatic N) is 3. The van der Waals surface area contributed by atoms with Crippen LogP contribution >= 0.6 is 11.3 Å². The predicted molar refractivity (Wildman–Crippen MR) is 97.2 cm³/mol. The van der Waals surface area contributed by atoms with Crippen molar-refractivity contribution in [2.75, 3.05) is 26.7 Å². The standard InChI is InChI=1S/C17H30N4OS/c1-6-22-13-7-9-21(10-8-13)16(18-5)19-11-15-20-14(12-23-15)17(2,3)4/h12-13H,6-11H2,1-5H3,(H,18,19). The average Bonchev–Trinajstić information content (AvgIpc) is 2.99. The van der Waals surface area contributed by atoms with Gasteiger partial charge in [-0.25, -0.2) is 4.98 Å². The number of aliphatic imine (C=N–C) groups is 1. The van der Waals surface area contributed by atoms with Crippen LogP contribution in [0.15, 0.2) is 10.4 Å². The molecular weight excluding hydrogens is 308 g/mol. The molecule has 1 aliphatic heterocycles. The Labute approximate surface area is 144 Å². The third kappa shape index (κ3) is 5.18. The van der Waals surface area contributed by atoms with Crippen molar-refractivity contribution in [3.8, 4) is 0 Å². The Morgan fingerprint density at radius 1 is 1.43 bits per heavy atom. The van der Waals surface area contributed by atoms with Crippen LogP contribution in [0.1, 0.15) is 51.2 Å². The highest BCUT2D eigenvalue weighted by Crippen LogP contribution is 2.23. The molecule has 0 atom stereocenters. The number of guanidine groups is 1. The molecule has 1 N–H and O–H groups in total. The summed E-state index contributed by atoms with van der Waals surface area (Å²) in [6.07, 6.45) is 2.54. The van der Waals surface area contributed by atoms with Gasteiger partial charge in [0, 0.05) is 37.5 Å². The van der Waals surface area contributed by atoms with E-state index in [0.717, 1.165) is 55.7 Å². The minimum Gasteiger partial charge on any atom is -0.378 e. The van der Waals surface area contributed by atoms with Gasteiger partial charge in [-0.3, -0.25) is 4.99 Å². The van der Waals surface area contributed by atoms with E-state index < -0.39 is 0 Å². The van der Waals surface area contributed by atoms with Gasteiger partial charge >= 0.3 is 0 Å². The summed E-state index contributed by atoms with van der Waals surface area (Å²) in [5.74, 6) is 0.965. The molecule has 1 saturated heterocycles. The monoisotopic (exact) mass is 338 g/mol. The van der Waals surface area contributed by atoms with Gasteiger partial charge in [0.1, 0.15) is 5.01 Å². The van der Waals surface area contributed by atoms with E-state index in [1.54, 1.807) is 11.3 Å². The quantitative estimate of drug-likeness (QED) is 0.677. The summed E-state index contributed by atoms with van der Waals surface area (Å²) in [4.78, 5) is 11.5. The summed E-state index contributed by atoms with van der Waals surface area (Å²) in [6.45, 7) is 12.2. The van der Waals surface area contributed by atoms with Crippen LogP contribution < -0.4 is 5.32 Å². The fourth-order valence-corrected chi connectivity index (χ4v) is 3.65. The first-order valence-corrected chi connectivity index (χ1v) is 9.34. The lowest BCUT2D eigenvalue weighted by molar-refractivity contribution is 0.0263. The molecule has 0 unspecified atom stereocenters. The van der Waals surface area contributed by atoms with E-state index in [4.69, 9.17) is 9.72 Å². The lowest BCUT2D eigenvalue weighted by Crippen LogP contribution is -2.46. The fraction of sp³-hybridized carbons (Fsp3) is 0.765. The highest BCUT2D eigenvalue weighted by atomic mass is 32.1. The van der Waals surface area contributed by atoms with Gasteiger partial charge in [-0.1, -0.05) is 20.8 Å². The molecule has 1 aromatic rings. The van der Waals surface area contributed by atoms with Crippen molar-refractivity contribution in [3.05, 3.63) is 16.1 Å². The highest BCUT2D eigenvalue weighted by molar-refractivity contribution is 7.09. The van der Waals surface area contributed by atoms with Crippen molar-refractivity contribution in [3.63, 3.8) is 0 Å². The van der Waals surface area contributed by atoms with E-state index in [2.05, 4.69) is 48.3 Å². The van der Waals surface area contributed by atoms with Crippen LogP contribution in [0.3, 0.4) is 0 Å². The second kappa shape index (κ2) is 8.11. The van der Waals surface area contributed by atoms with Crippen LogP contribution in [-0.2, 0) is 16.7 Å². The van der Waals surface area contributed by atoms with Crippen molar-refractivity contribution in [2.24, 2.45) is 4.99 Å². The van der Waals surface area contributed by atoms with Crippen LogP contribution in [0, 0.1) is 0 Å². The first-order chi connectivity index (χ1) is 10.9. The van der Waals surface area contributed by atoms with Crippen LogP contribution in [0.25, 0.3) is 0 Å². The maximum Gasteiger partial charge on any atom is 0.193 e. The molecule has 0 saturated carbocycles. The van der Waals surface area contributed by atoms with Crippen LogP contribution in [-0.4, -0.2) is 48.7 Å². The fourth-order valence-electron chi connectivity index (χ4n) is 2.69. The molecule has 1 aliphatic rings. The largest absolute Gasteiger partial charge is 0.378 e. The molecule has 0 bridgehead atoms. The number of thiazole rings is 1. The van der Waals surface area contributed by atoms with Crippen molar-refractivity contribution >= 4 is 17.3 Å². The minimum absolute atomic E-state index is 0.109.